The first-order valence-corrected chi connectivity index (χ1v) is 7.20. The van der Waals surface area contributed by atoms with Crippen molar-refractivity contribution >= 4 is 23.4 Å². The molecule has 0 spiro atoms. The normalized spacial score (nSPS) is 12.4. The van der Waals surface area contributed by atoms with Crippen LogP contribution in [0.2, 0.25) is 5.02 Å². The van der Waals surface area contributed by atoms with Crippen LogP contribution in [0.15, 0.2) is 52.3 Å². The third kappa shape index (κ3) is 3.50. The van der Waals surface area contributed by atoms with Gasteiger partial charge in [-0.3, -0.25) is 0 Å². The maximum atomic E-state index is 13.4. The largest absolute Gasteiger partial charge is 0.313 e. The second kappa shape index (κ2) is 6.42. The fourth-order valence-corrected chi connectivity index (χ4v) is 3.04. The molecule has 0 aliphatic carbocycles. The van der Waals surface area contributed by atoms with E-state index in [1.54, 1.807) is 23.9 Å². The fraction of sp³-hybridized carbons (Fsp3) is 0.200. The summed E-state index contributed by atoms with van der Waals surface area (Å²) < 4.78 is 13.4. The van der Waals surface area contributed by atoms with Crippen LogP contribution in [0.1, 0.15) is 18.5 Å². The maximum Gasteiger partial charge on any atom is 0.123 e. The van der Waals surface area contributed by atoms with Gasteiger partial charge in [0, 0.05) is 15.8 Å². The van der Waals surface area contributed by atoms with E-state index >= 15 is 0 Å². The van der Waals surface area contributed by atoms with Gasteiger partial charge >= 0.3 is 0 Å². The van der Waals surface area contributed by atoms with E-state index in [1.165, 1.54) is 6.07 Å². The molecule has 0 aromatic heterocycles. The van der Waals surface area contributed by atoms with Gasteiger partial charge in [0.25, 0.3) is 0 Å². The highest BCUT2D eigenvalue weighted by Crippen LogP contribution is 2.37. The Kier molecular flexibility index (Phi) is 4.86. The van der Waals surface area contributed by atoms with Gasteiger partial charge in [0.2, 0.25) is 0 Å². The number of halogens is 2. The number of benzene rings is 2. The van der Waals surface area contributed by atoms with Gasteiger partial charge in [-0.15, -0.1) is 0 Å². The zero-order valence-corrected chi connectivity index (χ0v) is 12.4. The van der Waals surface area contributed by atoms with Crippen molar-refractivity contribution in [1.82, 2.24) is 5.32 Å². The number of hydrogen-bond donors (Lipinski definition) is 1. The molecular formula is C15H15ClFNS. The fourth-order valence-electron chi connectivity index (χ4n) is 1.75. The minimum atomic E-state index is -0.222. The summed E-state index contributed by atoms with van der Waals surface area (Å²) in [6, 6.07) is 12.6. The lowest BCUT2D eigenvalue weighted by atomic mass is 10.1. The van der Waals surface area contributed by atoms with Crippen LogP contribution in [0.4, 0.5) is 4.39 Å². The Morgan fingerprint density at radius 3 is 2.58 bits per heavy atom. The molecule has 2 rings (SSSR count). The first-order valence-electron chi connectivity index (χ1n) is 6.01. The van der Waals surface area contributed by atoms with Crippen LogP contribution in [-0.2, 0) is 0 Å². The minimum Gasteiger partial charge on any atom is -0.313 e. The standard InChI is InChI=1S/C15H15ClFNS/c1-10(18-2)12-9-11(17)7-8-14(12)19-15-6-4-3-5-13(15)16/h3-10,18H,1-2H3. The van der Waals surface area contributed by atoms with E-state index in [4.69, 9.17) is 11.6 Å². The summed E-state index contributed by atoms with van der Waals surface area (Å²) in [4.78, 5) is 1.98. The van der Waals surface area contributed by atoms with E-state index in [0.717, 1.165) is 15.4 Å². The van der Waals surface area contributed by atoms with Gasteiger partial charge in [0.05, 0.1) is 5.02 Å². The third-order valence-corrected chi connectivity index (χ3v) is 4.54. The first-order chi connectivity index (χ1) is 9.11. The molecule has 0 amide bonds. The smallest absolute Gasteiger partial charge is 0.123 e. The summed E-state index contributed by atoms with van der Waals surface area (Å²) in [7, 11) is 1.86. The van der Waals surface area contributed by atoms with E-state index in [0.29, 0.717) is 5.02 Å². The second-order valence-electron chi connectivity index (χ2n) is 4.22. The Morgan fingerprint density at radius 2 is 1.89 bits per heavy atom. The highest BCUT2D eigenvalue weighted by molar-refractivity contribution is 7.99. The monoisotopic (exact) mass is 295 g/mol. The predicted octanol–water partition coefficient (Wildman–Crippen LogP) is 4.91. The van der Waals surface area contributed by atoms with Gasteiger partial charge in [-0.25, -0.2) is 4.39 Å². The van der Waals surface area contributed by atoms with Gasteiger partial charge in [0.1, 0.15) is 5.82 Å². The molecule has 0 aliphatic heterocycles. The molecular weight excluding hydrogens is 281 g/mol. The molecule has 100 valence electrons. The Balaban J connectivity index is 2.37. The lowest BCUT2D eigenvalue weighted by Gasteiger charge is -2.16. The van der Waals surface area contributed by atoms with E-state index in [-0.39, 0.29) is 11.9 Å². The van der Waals surface area contributed by atoms with Crippen LogP contribution in [0.3, 0.4) is 0 Å². The van der Waals surface area contributed by atoms with E-state index in [1.807, 2.05) is 38.2 Å². The Bertz CT molecular complexity index is 574. The third-order valence-electron chi connectivity index (χ3n) is 2.93. The molecule has 0 saturated carbocycles. The van der Waals surface area contributed by atoms with Crippen molar-refractivity contribution in [3.8, 4) is 0 Å². The molecule has 1 unspecified atom stereocenters. The van der Waals surface area contributed by atoms with E-state index < -0.39 is 0 Å². The molecule has 0 fully saturated rings. The zero-order valence-electron chi connectivity index (χ0n) is 10.8. The maximum absolute atomic E-state index is 13.4. The van der Waals surface area contributed by atoms with Crippen LogP contribution >= 0.6 is 23.4 Å². The molecule has 19 heavy (non-hydrogen) atoms. The second-order valence-corrected chi connectivity index (χ2v) is 5.72. The SMILES string of the molecule is CNC(C)c1cc(F)ccc1Sc1ccccc1Cl. The lowest BCUT2D eigenvalue weighted by molar-refractivity contribution is 0.601. The lowest BCUT2D eigenvalue weighted by Crippen LogP contribution is -2.13. The van der Waals surface area contributed by atoms with Crippen molar-refractivity contribution in [2.24, 2.45) is 0 Å². The average molecular weight is 296 g/mol. The Hall–Kier alpha value is -1.03. The quantitative estimate of drug-likeness (QED) is 0.860. The molecule has 1 N–H and O–H groups in total. The van der Waals surface area contributed by atoms with Crippen molar-refractivity contribution in [3.05, 3.63) is 58.9 Å². The van der Waals surface area contributed by atoms with Gasteiger partial charge in [0.15, 0.2) is 0 Å². The van der Waals surface area contributed by atoms with Crippen molar-refractivity contribution in [1.29, 1.82) is 0 Å². The van der Waals surface area contributed by atoms with Crippen LogP contribution in [0.25, 0.3) is 0 Å². The van der Waals surface area contributed by atoms with Crippen molar-refractivity contribution in [3.63, 3.8) is 0 Å². The predicted molar refractivity (Wildman–Crippen MR) is 79.4 cm³/mol. The van der Waals surface area contributed by atoms with Gasteiger partial charge < -0.3 is 5.32 Å². The summed E-state index contributed by atoms with van der Waals surface area (Å²) in [6.45, 7) is 2.01. The van der Waals surface area contributed by atoms with E-state index in [2.05, 4.69) is 5.32 Å². The molecule has 1 atom stereocenters. The summed E-state index contributed by atoms with van der Waals surface area (Å²) >= 11 is 7.72. The van der Waals surface area contributed by atoms with Gasteiger partial charge in [-0.05, 0) is 49.9 Å². The summed E-state index contributed by atoms with van der Waals surface area (Å²) in [5.74, 6) is -0.222. The first kappa shape index (κ1) is 14.4. The van der Waals surface area contributed by atoms with Gasteiger partial charge in [-0.2, -0.15) is 0 Å². The number of nitrogens with one attached hydrogen (secondary N) is 1. The number of rotatable bonds is 4. The summed E-state index contributed by atoms with van der Waals surface area (Å²) in [6.07, 6.45) is 0. The topological polar surface area (TPSA) is 12.0 Å². The van der Waals surface area contributed by atoms with Crippen molar-refractivity contribution < 1.29 is 4.39 Å². The minimum absolute atomic E-state index is 0.0840. The zero-order chi connectivity index (χ0) is 13.8. The molecule has 1 nitrogen and oxygen atoms in total. The molecule has 0 heterocycles. The van der Waals surface area contributed by atoms with Crippen molar-refractivity contribution in [2.45, 2.75) is 22.8 Å². The molecule has 2 aromatic carbocycles. The molecule has 0 saturated heterocycles. The van der Waals surface area contributed by atoms with Crippen LogP contribution in [0.5, 0.6) is 0 Å². The molecule has 0 aliphatic rings. The van der Waals surface area contributed by atoms with E-state index in [9.17, 15) is 4.39 Å². The van der Waals surface area contributed by atoms with Crippen LogP contribution in [-0.4, -0.2) is 7.05 Å². The number of hydrogen-bond acceptors (Lipinski definition) is 2. The Labute approximate surface area is 122 Å². The highest BCUT2D eigenvalue weighted by atomic mass is 35.5. The summed E-state index contributed by atoms with van der Waals surface area (Å²) in [5.41, 5.74) is 0.937. The molecule has 0 bridgehead atoms. The van der Waals surface area contributed by atoms with Crippen LogP contribution in [0, 0.1) is 5.82 Å². The Morgan fingerprint density at radius 1 is 1.16 bits per heavy atom. The van der Waals surface area contributed by atoms with Gasteiger partial charge in [-0.1, -0.05) is 35.5 Å². The molecule has 2 aromatic rings. The molecule has 4 heteroatoms. The highest BCUT2D eigenvalue weighted by Gasteiger charge is 2.12. The average Bonchev–Trinajstić information content (AvgIpc) is 2.42. The molecule has 0 radical (unpaired) electrons. The van der Waals surface area contributed by atoms with Crippen molar-refractivity contribution in [2.75, 3.05) is 7.05 Å². The van der Waals surface area contributed by atoms with Crippen LogP contribution < -0.4 is 5.32 Å². The summed E-state index contributed by atoms with van der Waals surface area (Å²) in [5, 5.41) is 3.84.